The average Bonchev–Trinajstić information content (AvgIpc) is 2.37. The number of hydrogen-bond donors (Lipinski definition) is 1. The van der Waals surface area contributed by atoms with Crippen LogP contribution in [0.3, 0.4) is 0 Å². The van der Waals surface area contributed by atoms with Crippen molar-refractivity contribution in [3.8, 4) is 0 Å². The summed E-state index contributed by atoms with van der Waals surface area (Å²) in [5.74, 6) is -0.262. The van der Waals surface area contributed by atoms with E-state index in [1.165, 1.54) is 26.4 Å². The largest absolute Gasteiger partial charge is 0.465 e. The first-order chi connectivity index (χ1) is 8.14. The van der Waals surface area contributed by atoms with Crippen LogP contribution in [-0.4, -0.2) is 36.5 Å². The molecule has 0 amide bonds. The minimum Gasteiger partial charge on any atom is -0.465 e. The highest BCUT2D eigenvalue weighted by Gasteiger charge is 2.10. The standard InChI is InChI=1S/C11H15IO5/c1-4-8(11(13)16-3)5-9(6-12)10(17-14)7-15-2/h4-5,14H,1,6-7H2,2-3H3/b8-5+,10-9-. The molecule has 0 saturated heterocycles. The Morgan fingerprint density at radius 3 is 2.47 bits per heavy atom. The maximum absolute atomic E-state index is 11.3. The SMILES string of the molecule is C=C/C(=C\C(CI)=C(/COC)OO)C(=O)OC. The molecule has 17 heavy (non-hydrogen) atoms. The summed E-state index contributed by atoms with van der Waals surface area (Å²) in [5.41, 5.74) is 0.903. The van der Waals surface area contributed by atoms with Gasteiger partial charge in [0.05, 0.1) is 12.7 Å². The van der Waals surface area contributed by atoms with Crippen molar-refractivity contribution >= 4 is 28.6 Å². The maximum atomic E-state index is 11.3. The van der Waals surface area contributed by atoms with Gasteiger partial charge < -0.3 is 14.4 Å². The molecule has 0 fully saturated rings. The van der Waals surface area contributed by atoms with Crippen molar-refractivity contribution in [3.63, 3.8) is 0 Å². The molecular weight excluding hydrogens is 339 g/mol. The zero-order chi connectivity index (χ0) is 13.3. The summed E-state index contributed by atoms with van der Waals surface area (Å²) in [5, 5.41) is 8.73. The number of ether oxygens (including phenoxy) is 2. The van der Waals surface area contributed by atoms with Gasteiger partial charge in [-0.05, 0) is 6.08 Å². The normalized spacial score (nSPS) is 12.8. The molecule has 0 aromatic rings. The van der Waals surface area contributed by atoms with Gasteiger partial charge in [0.25, 0.3) is 0 Å². The fourth-order valence-electron chi connectivity index (χ4n) is 1.01. The van der Waals surface area contributed by atoms with Gasteiger partial charge in [0.2, 0.25) is 0 Å². The molecule has 0 bridgehead atoms. The molecule has 0 unspecified atom stereocenters. The van der Waals surface area contributed by atoms with Gasteiger partial charge in [-0.3, -0.25) is 0 Å². The van der Waals surface area contributed by atoms with Crippen LogP contribution >= 0.6 is 22.6 Å². The van der Waals surface area contributed by atoms with Crippen LogP contribution in [0.5, 0.6) is 0 Å². The van der Waals surface area contributed by atoms with Crippen LogP contribution in [0.2, 0.25) is 0 Å². The zero-order valence-electron chi connectivity index (χ0n) is 9.73. The van der Waals surface area contributed by atoms with Gasteiger partial charge in [0.15, 0.2) is 5.76 Å². The summed E-state index contributed by atoms with van der Waals surface area (Å²) in [4.78, 5) is 15.6. The van der Waals surface area contributed by atoms with Gasteiger partial charge >= 0.3 is 5.97 Å². The highest BCUT2D eigenvalue weighted by Crippen LogP contribution is 2.14. The third kappa shape index (κ3) is 5.33. The number of methoxy groups -OCH3 is 2. The molecule has 0 atom stereocenters. The quantitative estimate of drug-likeness (QED) is 0.111. The number of carbonyl (C=O) groups excluding carboxylic acids is 1. The van der Waals surface area contributed by atoms with Gasteiger partial charge in [0.1, 0.15) is 6.61 Å². The summed E-state index contributed by atoms with van der Waals surface area (Å²) >= 11 is 2.08. The number of rotatable bonds is 7. The number of esters is 1. The van der Waals surface area contributed by atoms with Crippen molar-refractivity contribution in [1.82, 2.24) is 0 Å². The Balaban J connectivity index is 5.29. The zero-order valence-corrected chi connectivity index (χ0v) is 11.9. The summed E-state index contributed by atoms with van der Waals surface area (Å²) in [6, 6.07) is 0. The van der Waals surface area contributed by atoms with Gasteiger partial charge in [-0.1, -0.05) is 35.2 Å². The second kappa shape index (κ2) is 9.20. The van der Waals surface area contributed by atoms with E-state index in [0.717, 1.165) is 0 Å². The number of carbonyl (C=O) groups is 1. The molecule has 5 nitrogen and oxygen atoms in total. The Kier molecular flexibility index (Phi) is 8.73. The van der Waals surface area contributed by atoms with Crippen LogP contribution in [0.15, 0.2) is 35.6 Å². The van der Waals surface area contributed by atoms with Crippen molar-refractivity contribution in [2.24, 2.45) is 0 Å². The monoisotopic (exact) mass is 354 g/mol. The number of alkyl halides is 1. The van der Waals surface area contributed by atoms with E-state index < -0.39 is 5.97 Å². The number of halogens is 1. The third-order valence-electron chi connectivity index (χ3n) is 1.86. The topological polar surface area (TPSA) is 65.0 Å². The molecular formula is C11H15IO5. The first kappa shape index (κ1) is 16.1. The summed E-state index contributed by atoms with van der Waals surface area (Å²) < 4.78 is 9.98. The molecule has 0 aliphatic carbocycles. The lowest BCUT2D eigenvalue weighted by molar-refractivity contribution is -0.210. The minimum atomic E-state index is -0.503. The fourth-order valence-corrected chi connectivity index (χ4v) is 1.65. The number of hydrogen-bond acceptors (Lipinski definition) is 5. The first-order valence-corrected chi connectivity index (χ1v) is 6.17. The molecule has 0 aromatic carbocycles. The summed E-state index contributed by atoms with van der Waals surface area (Å²) in [7, 11) is 2.76. The Morgan fingerprint density at radius 2 is 2.12 bits per heavy atom. The Labute approximate surface area is 114 Å². The van der Waals surface area contributed by atoms with E-state index in [4.69, 9.17) is 9.99 Å². The Morgan fingerprint density at radius 1 is 1.47 bits per heavy atom. The van der Waals surface area contributed by atoms with Gasteiger partial charge in [0, 0.05) is 17.1 Å². The van der Waals surface area contributed by atoms with Crippen LogP contribution in [0, 0.1) is 0 Å². The first-order valence-electron chi connectivity index (χ1n) is 4.65. The minimum absolute atomic E-state index is 0.108. The summed E-state index contributed by atoms with van der Waals surface area (Å²) in [6.07, 6.45) is 2.91. The molecule has 0 heterocycles. The van der Waals surface area contributed by atoms with Gasteiger partial charge in [-0.15, -0.1) is 0 Å². The lowest BCUT2D eigenvalue weighted by atomic mass is 10.1. The van der Waals surface area contributed by atoms with E-state index in [0.29, 0.717) is 10.0 Å². The van der Waals surface area contributed by atoms with E-state index in [9.17, 15) is 4.79 Å². The van der Waals surface area contributed by atoms with Gasteiger partial charge in [-0.2, -0.15) is 0 Å². The van der Waals surface area contributed by atoms with Crippen molar-refractivity contribution in [1.29, 1.82) is 0 Å². The molecule has 0 saturated carbocycles. The smallest absolute Gasteiger partial charge is 0.337 e. The van der Waals surface area contributed by atoms with Gasteiger partial charge in [-0.25, -0.2) is 10.1 Å². The number of allylic oxidation sites excluding steroid dienone is 2. The highest BCUT2D eigenvalue weighted by molar-refractivity contribution is 14.1. The van der Waals surface area contributed by atoms with E-state index in [-0.39, 0.29) is 17.9 Å². The molecule has 0 aliphatic heterocycles. The molecule has 0 aromatic heterocycles. The van der Waals surface area contributed by atoms with Crippen molar-refractivity contribution in [3.05, 3.63) is 35.6 Å². The van der Waals surface area contributed by atoms with E-state index in [2.05, 4.69) is 38.8 Å². The molecule has 6 heteroatoms. The molecule has 0 radical (unpaired) electrons. The van der Waals surface area contributed by atoms with Crippen molar-refractivity contribution < 1.29 is 24.4 Å². The average molecular weight is 354 g/mol. The lowest BCUT2D eigenvalue weighted by Gasteiger charge is -2.07. The summed E-state index contributed by atoms with van der Waals surface area (Å²) in [6.45, 7) is 3.63. The highest BCUT2D eigenvalue weighted by atomic mass is 127. The van der Waals surface area contributed by atoms with Crippen molar-refractivity contribution in [2.75, 3.05) is 25.3 Å². The Hall–Kier alpha value is -0.860. The Bertz CT molecular complexity index is 333. The van der Waals surface area contributed by atoms with E-state index in [1.807, 2.05) is 0 Å². The van der Waals surface area contributed by atoms with Crippen molar-refractivity contribution in [2.45, 2.75) is 0 Å². The lowest BCUT2D eigenvalue weighted by Crippen LogP contribution is -2.06. The fraction of sp³-hybridized carbons (Fsp3) is 0.364. The molecule has 0 rings (SSSR count). The molecule has 1 N–H and O–H groups in total. The predicted octanol–water partition coefficient (Wildman–Crippen LogP) is 2.10. The van der Waals surface area contributed by atoms with E-state index in [1.54, 1.807) is 0 Å². The van der Waals surface area contributed by atoms with Crippen LogP contribution in [0.25, 0.3) is 0 Å². The van der Waals surface area contributed by atoms with Crippen LogP contribution in [-0.2, 0) is 19.2 Å². The molecule has 0 spiro atoms. The second-order valence-corrected chi connectivity index (χ2v) is 3.66. The maximum Gasteiger partial charge on any atom is 0.337 e. The molecule has 0 aliphatic rings. The third-order valence-corrected chi connectivity index (χ3v) is 2.68. The van der Waals surface area contributed by atoms with E-state index >= 15 is 0 Å². The molecule has 96 valence electrons. The van der Waals surface area contributed by atoms with Crippen LogP contribution in [0.4, 0.5) is 0 Å². The predicted molar refractivity (Wildman–Crippen MR) is 71.8 cm³/mol. The van der Waals surface area contributed by atoms with Crippen LogP contribution < -0.4 is 0 Å². The van der Waals surface area contributed by atoms with Crippen LogP contribution in [0.1, 0.15) is 0 Å². The second-order valence-electron chi connectivity index (χ2n) is 2.90.